The molecule has 0 spiro atoms. The second-order valence-corrected chi connectivity index (χ2v) is 5.05. The van der Waals surface area contributed by atoms with Gasteiger partial charge < -0.3 is 10.6 Å². The van der Waals surface area contributed by atoms with Crippen LogP contribution in [0, 0.1) is 11.8 Å². The molecule has 3 atom stereocenters. The van der Waals surface area contributed by atoms with Crippen molar-refractivity contribution in [2.24, 2.45) is 22.6 Å². The van der Waals surface area contributed by atoms with Gasteiger partial charge in [-0.15, -0.1) is 0 Å². The number of aliphatic imine (C=N–C) groups is 1. The first kappa shape index (κ1) is 12.3. The maximum absolute atomic E-state index is 14.1. The summed E-state index contributed by atoms with van der Waals surface area (Å²) >= 11 is 0. The highest BCUT2D eigenvalue weighted by Gasteiger charge is 2.55. The van der Waals surface area contributed by atoms with E-state index in [2.05, 4.69) is 4.99 Å². The molecule has 0 radical (unpaired) electrons. The van der Waals surface area contributed by atoms with E-state index in [1.54, 1.807) is 24.1 Å². The maximum atomic E-state index is 14.1. The molecule has 0 aromatic rings. The molecule has 1 aliphatic carbocycles. The van der Waals surface area contributed by atoms with Gasteiger partial charge in [0.25, 0.3) is 5.92 Å². The standard InChI is InChI=1S/C12H19F2N3/c1-8-7-10(12(13,14)9(8)2)17-5-3-11(15)16-4-6-17/h3,5,8-10H,4,6-7H2,1-2H3,(H2,15,16). The molecule has 96 valence electrons. The minimum Gasteiger partial charge on any atom is -0.384 e. The van der Waals surface area contributed by atoms with E-state index in [1.807, 2.05) is 6.92 Å². The zero-order valence-electron chi connectivity index (χ0n) is 10.2. The van der Waals surface area contributed by atoms with Crippen LogP contribution >= 0.6 is 0 Å². The lowest BCUT2D eigenvalue weighted by Gasteiger charge is -2.32. The molecule has 3 unspecified atom stereocenters. The minimum atomic E-state index is -2.64. The first-order chi connectivity index (χ1) is 7.93. The van der Waals surface area contributed by atoms with Crippen molar-refractivity contribution in [3.8, 4) is 0 Å². The molecule has 0 aromatic heterocycles. The van der Waals surface area contributed by atoms with Crippen LogP contribution in [0.5, 0.6) is 0 Å². The highest BCUT2D eigenvalue weighted by Crippen LogP contribution is 2.46. The van der Waals surface area contributed by atoms with E-state index >= 15 is 0 Å². The lowest BCUT2D eigenvalue weighted by molar-refractivity contribution is -0.0820. The van der Waals surface area contributed by atoms with Crippen LogP contribution in [0.4, 0.5) is 8.78 Å². The summed E-state index contributed by atoms with van der Waals surface area (Å²) < 4.78 is 28.2. The van der Waals surface area contributed by atoms with E-state index in [0.29, 0.717) is 25.3 Å². The number of amidine groups is 1. The Morgan fingerprint density at radius 2 is 2.18 bits per heavy atom. The first-order valence-corrected chi connectivity index (χ1v) is 6.04. The van der Waals surface area contributed by atoms with E-state index in [9.17, 15) is 8.78 Å². The van der Waals surface area contributed by atoms with Gasteiger partial charge in [-0.2, -0.15) is 0 Å². The van der Waals surface area contributed by atoms with E-state index < -0.39 is 17.9 Å². The van der Waals surface area contributed by atoms with Gasteiger partial charge in [0.05, 0.1) is 12.6 Å². The molecule has 0 bridgehead atoms. The summed E-state index contributed by atoms with van der Waals surface area (Å²) in [7, 11) is 0. The smallest absolute Gasteiger partial charge is 0.270 e. The number of nitrogens with two attached hydrogens (primary N) is 1. The van der Waals surface area contributed by atoms with Crippen LogP contribution in [0.2, 0.25) is 0 Å². The van der Waals surface area contributed by atoms with Gasteiger partial charge in [-0.1, -0.05) is 13.8 Å². The molecule has 1 heterocycles. The second-order valence-electron chi connectivity index (χ2n) is 5.05. The van der Waals surface area contributed by atoms with Gasteiger partial charge in [-0.25, -0.2) is 8.78 Å². The van der Waals surface area contributed by atoms with Crippen molar-refractivity contribution < 1.29 is 8.78 Å². The van der Waals surface area contributed by atoms with Crippen molar-refractivity contribution in [1.82, 2.24) is 4.90 Å². The highest BCUT2D eigenvalue weighted by atomic mass is 19.3. The fraction of sp³-hybridized carbons (Fsp3) is 0.750. The van der Waals surface area contributed by atoms with Crippen molar-refractivity contribution in [3.05, 3.63) is 12.3 Å². The van der Waals surface area contributed by atoms with Gasteiger partial charge in [-0.05, 0) is 18.4 Å². The Morgan fingerprint density at radius 3 is 2.76 bits per heavy atom. The molecular formula is C12H19F2N3. The Labute approximate surface area is 100 Å². The maximum Gasteiger partial charge on any atom is 0.270 e. The third kappa shape index (κ3) is 2.15. The molecule has 1 aliphatic heterocycles. The van der Waals surface area contributed by atoms with Crippen LogP contribution in [-0.2, 0) is 0 Å². The molecule has 3 nitrogen and oxygen atoms in total. The molecule has 0 saturated heterocycles. The zero-order valence-corrected chi connectivity index (χ0v) is 10.2. The Balaban J connectivity index is 2.16. The molecular weight excluding hydrogens is 224 g/mol. The monoisotopic (exact) mass is 243 g/mol. The van der Waals surface area contributed by atoms with Crippen LogP contribution < -0.4 is 5.73 Å². The highest BCUT2D eigenvalue weighted by molar-refractivity contribution is 5.91. The Bertz CT molecular complexity index is 352. The molecule has 0 aromatic carbocycles. The van der Waals surface area contributed by atoms with Crippen molar-refractivity contribution in [3.63, 3.8) is 0 Å². The van der Waals surface area contributed by atoms with Crippen molar-refractivity contribution in [2.45, 2.75) is 32.2 Å². The Morgan fingerprint density at radius 1 is 1.47 bits per heavy atom. The van der Waals surface area contributed by atoms with Crippen molar-refractivity contribution in [1.29, 1.82) is 0 Å². The number of hydrogen-bond donors (Lipinski definition) is 1. The van der Waals surface area contributed by atoms with E-state index in [-0.39, 0.29) is 5.92 Å². The van der Waals surface area contributed by atoms with Crippen LogP contribution in [0.25, 0.3) is 0 Å². The summed E-state index contributed by atoms with van der Waals surface area (Å²) in [5, 5.41) is 0. The molecule has 2 rings (SSSR count). The third-order valence-corrected chi connectivity index (χ3v) is 3.99. The van der Waals surface area contributed by atoms with Crippen molar-refractivity contribution in [2.75, 3.05) is 13.1 Å². The van der Waals surface area contributed by atoms with Crippen LogP contribution in [0.15, 0.2) is 17.3 Å². The van der Waals surface area contributed by atoms with Crippen LogP contribution in [-0.4, -0.2) is 35.8 Å². The van der Waals surface area contributed by atoms with Gasteiger partial charge >= 0.3 is 0 Å². The molecule has 2 N–H and O–H groups in total. The van der Waals surface area contributed by atoms with Gasteiger partial charge in [0.2, 0.25) is 0 Å². The Kier molecular flexibility index (Phi) is 3.10. The molecule has 1 saturated carbocycles. The topological polar surface area (TPSA) is 41.6 Å². The van der Waals surface area contributed by atoms with E-state index in [4.69, 9.17) is 5.73 Å². The van der Waals surface area contributed by atoms with Crippen LogP contribution in [0.3, 0.4) is 0 Å². The first-order valence-electron chi connectivity index (χ1n) is 6.04. The molecule has 2 aliphatic rings. The average molecular weight is 243 g/mol. The summed E-state index contributed by atoms with van der Waals surface area (Å²) in [5.74, 6) is -2.75. The number of alkyl halides is 2. The quantitative estimate of drug-likeness (QED) is 0.763. The Hall–Kier alpha value is -1.13. The number of hydrogen-bond acceptors (Lipinski definition) is 3. The SMILES string of the molecule is CC1CC(N2C=CC(N)=NCC2)C(F)(F)C1C. The predicted molar refractivity (Wildman–Crippen MR) is 64.0 cm³/mol. The van der Waals surface area contributed by atoms with E-state index in [1.165, 1.54) is 0 Å². The van der Waals surface area contributed by atoms with Crippen molar-refractivity contribution >= 4 is 5.84 Å². The fourth-order valence-corrected chi connectivity index (χ4v) is 2.61. The van der Waals surface area contributed by atoms with Gasteiger partial charge in [0, 0.05) is 18.7 Å². The largest absolute Gasteiger partial charge is 0.384 e. The summed E-state index contributed by atoms with van der Waals surface area (Å²) in [6.07, 6.45) is 3.80. The zero-order chi connectivity index (χ0) is 12.6. The summed E-state index contributed by atoms with van der Waals surface area (Å²) in [5.41, 5.74) is 5.57. The molecule has 5 heteroatoms. The normalized spacial score (nSPS) is 36.8. The molecule has 1 fully saturated rings. The summed E-state index contributed by atoms with van der Waals surface area (Å²) in [6, 6.07) is -0.718. The third-order valence-electron chi connectivity index (χ3n) is 3.99. The lowest BCUT2D eigenvalue weighted by atomic mass is 9.99. The summed E-state index contributed by atoms with van der Waals surface area (Å²) in [6.45, 7) is 4.52. The van der Waals surface area contributed by atoms with Gasteiger partial charge in [-0.3, -0.25) is 4.99 Å². The molecule has 0 amide bonds. The summed E-state index contributed by atoms with van der Waals surface area (Å²) in [4.78, 5) is 5.75. The lowest BCUT2D eigenvalue weighted by Crippen LogP contribution is -2.44. The van der Waals surface area contributed by atoms with Gasteiger partial charge in [0.1, 0.15) is 5.84 Å². The van der Waals surface area contributed by atoms with Crippen LogP contribution in [0.1, 0.15) is 20.3 Å². The average Bonchev–Trinajstić information content (AvgIpc) is 2.48. The number of halogens is 2. The van der Waals surface area contributed by atoms with E-state index in [0.717, 1.165) is 0 Å². The second kappa shape index (κ2) is 4.27. The van der Waals surface area contributed by atoms with Gasteiger partial charge in [0.15, 0.2) is 0 Å². The minimum absolute atomic E-state index is 0.0462. The fourth-order valence-electron chi connectivity index (χ4n) is 2.61. The number of rotatable bonds is 1. The predicted octanol–water partition coefficient (Wildman–Crippen LogP) is 1.85. The number of nitrogens with zero attached hydrogens (tertiary/aromatic N) is 2. The molecule has 17 heavy (non-hydrogen) atoms.